The standard InChI is InChI=1S/C29H28Cl2FN7O2S/c1-41-10-8-33-7-6-17-2-4-18(5-3-17)20-13-22(30)21-15-39(37-25(21)24(20)31)27(28(40)36-29-34-9-11-42-29)26-23-12-19(32)14-38(23)16-35-26/h2-5,9,11,13,15-16,19,27,33H,6-8,10,12,14H2,1H3,(H,34,36,40)/t19-,27?/m1/s1. The normalized spacial score (nSPS) is 15.3. The van der Waals surface area contributed by atoms with Gasteiger partial charge in [0.2, 0.25) is 0 Å². The number of ether oxygens (including phenoxy) is 1. The molecule has 1 unspecified atom stereocenters. The molecule has 9 nitrogen and oxygen atoms in total. The van der Waals surface area contributed by atoms with Crippen LogP contribution in [0.2, 0.25) is 10.0 Å². The Morgan fingerprint density at radius 3 is 2.83 bits per heavy atom. The molecule has 1 aliphatic rings. The summed E-state index contributed by atoms with van der Waals surface area (Å²) in [5, 5.41) is 14.6. The highest BCUT2D eigenvalue weighted by Crippen LogP contribution is 2.39. The van der Waals surface area contributed by atoms with E-state index in [9.17, 15) is 9.18 Å². The molecule has 1 amide bonds. The number of carbonyl (C=O) groups is 1. The Hall–Kier alpha value is -3.35. The van der Waals surface area contributed by atoms with Crippen LogP contribution in [-0.2, 0) is 28.9 Å². The second-order valence-electron chi connectivity index (χ2n) is 10.0. The molecule has 2 aromatic carbocycles. The first-order valence-electron chi connectivity index (χ1n) is 13.5. The molecule has 0 saturated heterocycles. The maximum atomic E-state index is 14.3. The first-order valence-corrected chi connectivity index (χ1v) is 15.1. The quantitative estimate of drug-likeness (QED) is 0.186. The van der Waals surface area contributed by atoms with Crippen LogP contribution in [0, 0.1) is 0 Å². The minimum absolute atomic E-state index is 0.169. The summed E-state index contributed by atoms with van der Waals surface area (Å²) in [6.07, 6.45) is 4.87. The number of hydrogen-bond donors (Lipinski definition) is 2. The van der Waals surface area contributed by atoms with E-state index in [-0.39, 0.29) is 13.0 Å². The number of halogens is 3. The summed E-state index contributed by atoms with van der Waals surface area (Å²) >= 11 is 15.0. The fraction of sp³-hybridized carbons (Fsp3) is 0.310. The predicted octanol–water partition coefficient (Wildman–Crippen LogP) is 5.56. The molecule has 0 radical (unpaired) electrons. The van der Waals surface area contributed by atoms with E-state index < -0.39 is 18.1 Å². The lowest BCUT2D eigenvalue weighted by Gasteiger charge is -2.16. The Morgan fingerprint density at radius 1 is 1.24 bits per heavy atom. The van der Waals surface area contributed by atoms with E-state index in [0.29, 0.717) is 44.1 Å². The zero-order valence-corrected chi connectivity index (χ0v) is 25.0. The second-order valence-corrected chi connectivity index (χ2v) is 11.7. The van der Waals surface area contributed by atoms with Gasteiger partial charge in [0.1, 0.15) is 11.7 Å². The predicted molar refractivity (Wildman–Crippen MR) is 163 cm³/mol. The molecule has 1 aliphatic heterocycles. The van der Waals surface area contributed by atoms with Crippen LogP contribution in [0.3, 0.4) is 0 Å². The van der Waals surface area contributed by atoms with Crippen LogP contribution >= 0.6 is 34.5 Å². The molecule has 0 fully saturated rings. The van der Waals surface area contributed by atoms with Crippen LogP contribution in [0.1, 0.15) is 23.0 Å². The van der Waals surface area contributed by atoms with Gasteiger partial charge in [0, 0.05) is 54.5 Å². The number of hydrogen-bond acceptors (Lipinski definition) is 7. The van der Waals surface area contributed by atoms with Gasteiger partial charge in [0.05, 0.1) is 35.2 Å². The SMILES string of the molecule is COCCNCCc1ccc(-c2cc(Cl)c3cn(C(C(=O)Nc4nccs4)c4ncn5c4C[C@@H](F)C5)nc3c2Cl)cc1. The molecule has 4 heterocycles. The molecular weight excluding hydrogens is 600 g/mol. The van der Waals surface area contributed by atoms with Crippen LogP contribution in [0.4, 0.5) is 9.52 Å². The lowest BCUT2D eigenvalue weighted by Crippen LogP contribution is -2.28. The number of benzene rings is 2. The van der Waals surface area contributed by atoms with Gasteiger partial charge in [-0.1, -0.05) is 47.5 Å². The maximum absolute atomic E-state index is 14.3. The van der Waals surface area contributed by atoms with Crippen molar-refractivity contribution >= 4 is 56.5 Å². The van der Waals surface area contributed by atoms with E-state index in [1.54, 1.807) is 35.8 Å². The number of anilines is 1. The minimum Gasteiger partial charge on any atom is -0.383 e. The van der Waals surface area contributed by atoms with Crippen LogP contribution < -0.4 is 10.6 Å². The van der Waals surface area contributed by atoms with Gasteiger partial charge in [0.15, 0.2) is 11.2 Å². The molecule has 5 aromatic rings. The van der Waals surface area contributed by atoms with Crippen molar-refractivity contribution in [3.05, 3.63) is 81.4 Å². The molecule has 6 rings (SSSR count). The van der Waals surface area contributed by atoms with Gasteiger partial charge in [0.25, 0.3) is 5.91 Å². The van der Waals surface area contributed by atoms with Crippen LogP contribution in [0.15, 0.2) is 54.4 Å². The Labute approximate surface area is 255 Å². The number of nitrogens with one attached hydrogen (secondary N) is 2. The van der Waals surface area contributed by atoms with Crippen molar-refractivity contribution in [2.45, 2.75) is 31.6 Å². The number of amides is 1. The monoisotopic (exact) mass is 627 g/mol. The number of aromatic nitrogens is 5. The van der Waals surface area contributed by atoms with Crippen LogP contribution in [0.25, 0.3) is 22.0 Å². The van der Waals surface area contributed by atoms with Gasteiger partial charge < -0.3 is 14.6 Å². The first-order chi connectivity index (χ1) is 20.4. The van der Waals surface area contributed by atoms with E-state index in [4.69, 9.17) is 33.0 Å². The van der Waals surface area contributed by atoms with Crippen molar-refractivity contribution in [3.63, 3.8) is 0 Å². The maximum Gasteiger partial charge on any atom is 0.257 e. The Bertz CT molecular complexity index is 1710. The van der Waals surface area contributed by atoms with Gasteiger partial charge in [-0.15, -0.1) is 11.3 Å². The number of imidazole rings is 1. The summed E-state index contributed by atoms with van der Waals surface area (Å²) in [6, 6.07) is 8.98. The molecule has 42 heavy (non-hydrogen) atoms. The summed E-state index contributed by atoms with van der Waals surface area (Å²) in [6.45, 7) is 2.54. The number of nitrogens with zero attached hydrogens (tertiary/aromatic N) is 5. The van der Waals surface area contributed by atoms with Crippen LogP contribution in [0.5, 0.6) is 0 Å². The van der Waals surface area contributed by atoms with E-state index in [0.717, 1.165) is 30.6 Å². The third-order valence-corrected chi connectivity index (χ3v) is 8.65. The Balaban J connectivity index is 1.33. The van der Waals surface area contributed by atoms with Crippen molar-refractivity contribution in [2.24, 2.45) is 0 Å². The number of fused-ring (bicyclic) bond motifs is 2. The number of carbonyl (C=O) groups excluding carboxylic acids is 1. The molecule has 0 saturated carbocycles. The van der Waals surface area contributed by atoms with Gasteiger partial charge in [-0.3, -0.25) is 14.8 Å². The van der Waals surface area contributed by atoms with Gasteiger partial charge in [-0.25, -0.2) is 14.4 Å². The largest absolute Gasteiger partial charge is 0.383 e. The van der Waals surface area contributed by atoms with E-state index >= 15 is 0 Å². The molecule has 2 N–H and O–H groups in total. The molecule has 3 aromatic heterocycles. The third-order valence-electron chi connectivity index (χ3n) is 7.27. The number of methoxy groups -OCH3 is 1. The summed E-state index contributed by atoms with van der Waals surface area (Å²) < 4.78 is 22.6. The molecule has 13 heteroatoms. The number of alkyl halides is 1. The fourth-order valence-corrected chi connectivity index (χ4v) is 6.28. The van der Waals surface area contributed by atoms with Crippen molar-refractivity contribution in [1.29, 1.82) is 0 Å². The molecule has 218 valence electrons. The zero-order chi connectivity index (χ0) is 29.2. The lowest BCUT2D eigenvalue weighted by atomic mass is 10.0. The smallest absolute Gasteiger partial charge is 0.257 e. The van der Waals surface area contributed by atoms with E-state index in [1.165, 1.54) is 21.6 Å². The number of rotatable bonds is 11. The highest BCUT2D eigenvalue weighted by atomic mass is 35.5. The average Bonchev–Trinajstić information content (AvgIpc) is 3.78. The van der Waals surface area contributed by atoms with Gasteiger partial charge in [-0.05, 0) is 30.2 Å². The molecule has 0 bridgehead atoms. The molecule has 0 spiro atoms. The fourth-order valence-electron chi connectivity index (χ4n) is 5.20. The van der Waals surface area contributed by atoms with Gasteiger partial charge >= 0.3 is 0 Å². The van der Waals surface area contributed by atoms with E-state index in [2.05, 4.69) is 32.7 Å². The second kappa shape index (κ2) is 12.5. The van der Waals surface area contributed by atoms with E-state index in [1.807, 2.05) is 18.2 Å². The average molecular weight is 629 g/mol. The summed E-state index contributed by atoms with van der Waals surface area (Å²) in [7, 11) is 1.69. The number of thiazole rings is 1. The zero-order valence-electron chi connectivity index (χ0n) is 22.7. The van der Waals surface area contributed by atoms with Gasteiger partial charge in [-0.2, -0.15) is 5.10 Å². The topological polar surface area (TPSA) is 98.9 Å². The molecule has 2 atom stereocenters. The van der Waals surface area contributed by atoms with Crippen molar-refractivity contribution < 1.29 is 13.9 Å². The lowest BCUT2D eigenvalue weighted by molar-refractivity contribution is -0.118. The molecular formula is C29H28Cl2FN7O2S. The Kier molecular flexibility index (Phi) is 8.55. The first kappa shape index (κ1) is 28.8. The minimum atomic E-state index is -1.04. The summed E-state index contributed by atoms with van der Waals surface area (Å²) in [4.78, 5) is 22.3. The molecule has 0 aliphatic carbocycles. The van der Waals surface area contributed by atoms with Crippen LogP contribution in [-0.4, -0.2) is 63.2 Å². The Morgan fingerprint density at radius 2 is 2.07 bits per heavy atom. The highest BCUT2D eigenvalue weighted by Gasteiger charge is 2.34. The third kappa shape index (κ3) is 5.80. The van der Waals surface area contributed by atoms with Crippen molar-refractivity contribution in [1.82, 2.24) is 29.6 Å². The van der Waals surface area contributed by atoms with Crippen molar-refractivity contribution in [2.75, 3.05) is 32.1 Å². The highest BCUT2D eigenvalue weighted by molar-refractivity contribution is 7.13. The summed E-state index contributed by atoms with van der Waals surface area (Å²) in [5.74, 6) is -0.402. The summed E-state index contributed by atoms with van der Waals surface area (Å²) in [5.41, 5.74) is 4.36. The van der Waals surface area contributed by atoms with Crippen molar-refractivity contribution in [3.8, 4) is 11.1 Å².